The van der Waals surface area contributed by atoms with Crippen LogP contribution in [0.15, 0.2) is 53.7 Å². The summed E-state index contributed by atoms with van der Waals surface area (Å²) in [4.78, 5) is 16.6. The first kappa shape index (κ1) is 15.9. The number of para-hydroxylation sites is 1. The first-order chi connectivity index (χ1) is 10.6. The fraction of sp³-hybridized carbons (Fsp3) is 0.125. The van der Waals surface area contributed by atoms with Crippen LogP contribution in [0.2, 0.25) is 5.02 Å². The van der Waals surface area contributed by atoms with E-state index in [9.17, 15) is 4.79 Å². The number of carbonyl (C=O) groups excluding carboxylic acids is 1. The second-order valence-electron chi connectivity index (χ2n) is 4.44. The maximum absolute atomic E-state index is 11.8. The molecule has 22 heavy (non-hydrogen) atoms. The Hall–Kier alpha value is -2.53. The molecule has 0 aliphatic heterocycles. The van der Waals surface area contributed by atoms with Crippen molar-refractivity contribution in [3.05, 3.63) is 64.7 Å². The minimum Gasteiger partial charge on any atom is -0.496 e. The Balaban J connectivity index is 2.00. The standard InChI is InChI=1S/C16H15ClN2O3/c1-21-14-5-3-2-4-12(14)10-15(20)22-19-16(18)11-6-8-13(17)9-7-11/h2-9H,10H2,1H3,(H2,18,19). The quantitative estimate of drug-likeness (QED) is 0.398. The molecule has 2 N–H and O–H groups in total. The van der Waals surface area contributed by atoms with Crippen molar-refractivity contribution >= 4 is 23.4 Å². The molecule has 2 aromatic carbocycles. The molecule has 0 saturated heterocycles. The molecular weight excluding hydrogens is 304 g/mol. The van der Waals surface area contributed by atoms with E-state index >= 15 is 0 Å². The van der Waals surface area contributed by atoms with Gasteiger partial charge in [0.15, 0.2) is 5.84 Å². The monoisotopic (exact) mass is 318 g/mol. The average Bonchev–Trinajstić information content (AvgIpc) is 2.54. The van der Waals surface area contributed by atoms with Crippen molar-refractivity contribution in [3.63, 3.8) is 0 Å². The number of rotatable bonds is 5. The van der Waals surface area contributed by atoms with E-state index in [1.165, 1.54) is 0 Å². The third-order valence-corrected chi connectivity index (χ3v) is 3.17. The molecule has 6 heteroatoms. The van der Waals surface area contributed by atoms with E-state index in [4.69, 9.17) is 26.9 Å². The van der Waals surface area contributed by atoms with Gasteiger partial charge in [-0.15, -0.1) is 0 Å². The van der Waals surface area contributed by atoms with Gasteiger partial charge in [-0.1, -0.05) is 35.0 Å². The summed E-state index contributed by atoms with van der Waals surface area (Å²) in [5, 5.41) is 4.22. The summed E-state index contributed by atoms with van der Waals surface area (Å²) < 4.78 is 5.17. The molecule has 0 aromatic heterocycles. The molecule has 0 unspecified atom stereocenters. The second-order valence-corrected chi connectivity index (χ2v) is 4.87. The van der Waals surface area contributed by atoms with Crippen molar-refractivity contribution in [2.75, 3.05) is 7.11 Å². The Kier molecular flexibility index (Phi) is 5.38. The van der Waals surface area contributed by atoms with E-state index in [2.05, 4.69) is 5.16 Å². The zero-order valence-corrected chi connectivity index (χ0v) is 12.7. The number of benzene rings is 2. The molecule has 0 atom stereocenters. The normalized spacial score (nSPS) is 11.1. The highest BCUT2D eigenvalue weighted by atomic mass is 35.5. The van der Waals surface area contributed by atoms with Crippen molar-refractivity contribution in [2.24, 2.45) is 10.9 Å². The first-order valence-corrected chi connectivity index (χ1v) is 6.89. The van der Waals surface area contributed by atoms with Gasteiger partial charge >= 0.3 is 5.97 Å². The van der Waals surface area contributed by atoms with Crippen LogP contribution in [0.1, 0.15) is 11.1 Å². The third kappa shape index (κ3) is 4.23. The van der Waals surface area contributed by atoms with Gasteiger partial charge in [0.1, 0.15) is 5.75 Å². The molecular formula is C16H15ClN2O3. The molecule has 0 saturated carbocycles. The maximum Gasteiger partial charge on any atom is 0.339 e. The number of amidine groups is 1. The Bertz CT molecular complexity index is 684. The number of nitrogens with two attached hydrogens (primary N) is 1. The van der Waals surface area contributed by atoms with E-state index in [0.717, 1.165) is 5.56 Å². The lowest BCUT2D eigenvalue weighted by Gasteiger charge is -2.06. The molecule has 0 bridgehead atoms. The van der Waals surface area contributed by atoms with Gasteiger partial charge in [0.25, 0.3) is 0 Å². The van der Waals surface area contributed by atoms with E-state index < -0.39 is 5.97 Å². The van der Waals surface area contributed by atoms with Gasteiger partial charge in [0, 0.05) is 16.1 Å². The molecule has 0 heterocycles. The summed E-state index contributed by atoms with van der Waals surface area (Å²) >= 11 is 5.78. The molecule has 2 rings (SSSR count). The number of methoxy groups -OCH3 is 1. The zero-order chi connectivity index (χ0) is 15.9. The number of nitrogens with zero attached hydrogens (tertiary/aromatic N) is 1. The number of ether oxygens (including phenoxy) is 1. The van der Waals surface area contributed by atoms with Crippen LogP contribution in [0.4, 0.5) is 0 Å². The average molecular weight is 319 g/mol. The van der Waals surface area contributed by atoms with Crippen molar-refractivity contribution in [2.45, 2.75) is 6.42 Å². The molecule has 2 aromatic rings. The summed E-state index contributed by atoms with van der Waals surface area (Å²) in [6.45, 7) is 0. The van der Waals surface area contributed by atoms with Crippen LogP contribution in [0.5, 0.6) is 5.75 Å². The highest BCUT2D eigenvalue weighted by Crippen LogP contribution is 2.18. The SMILES string of the molecule is COc1ccccc1CC(=O)ON=C(N)c1ccc(Cl)cc1. The van der Waals surface area contributed by atoms with Gasteiger partial charge in [-0.05, 0) is 30.3 Å². The Morgan fingerprint density at radius 2 is 1.86 bits per heavy atom. The molecule has 0 radical (unpaired) electrons. The summed E-state index contributed by atoms with van der Waals surface area (Å²) in [5.74, 6) is 0.195. The fourth-order valence-corrected chi connectivity index (χ4v) is 1.94. The number of carbonyl (C=O) groups is 1. The van der Waals surface area contributed by atoms with Crippen LogP contribution in [0.3, 0.4) is 0 Å². The van der Waals surface area contributed by atoms with Crippen LogP contribution < -0.4 is 10.5 Å². The number of oxime groups is 1. The molecule has 0 amide bonds. The van der Waals surface area contributed by atoms with Crippen molar-refractivity contribution in [3.8, 4) is 5.75 Å². The molecule has 0 aliphatic carbocycles. The lowest BCUT2D eigenvalue weighted by atomic mass is 10.1. The molecule has 0 spiro atoms. The predicted octanol–water partition coefficient (Wildman–Crippen LogP) is 2.75. The number of halogens is 1. The lowest BCUT2D eigenvalue weighted by molar-refractivity contribution is -0.142. The Morgan fingerprint density at radius 1 is 1.18 bits per heavy atom. The largest absolute Gasteiger partial charge is 0.496 e. The summed E-state index contributed by atoms with van der Waals surface area (Å²) in [7, 11) is 1.54. The van der Waals surface area contributed by atoms with Gasteiger partial charge in [-0.3, -0.25) is 0 Å². The Morgan fingerprint density at radius 3 is 2.55 bits per heavy atom. The van der Waals surface area contributed by atoms with E-state index in [1.807, 2.05) is 12.1 Å². The lowest BCUT2D eigenvalue weighted by Crippen LogP contribution is -2.15. The van der Waals surface area contributed by atoms with Crippen molar-refractivity contribution < 1.29 is 14.4 Å². The van der Waals surface area contributed by atoms with Gasteiger partial charge in [-0.2, -0.15) is 0 Å². The fourth-order valence-electron chi connectivity index (χ4n) is 1.81. The second kappa shape index (κ2) is 7.47. The highest BCUT2D eigenvalue weighted by molar-refractivity contribution is 6.30. The third-order valence-electron chi connectivity index (χ3n) is 2.91. The minimum atomic E-state index is -0.526. The molecule has 0 aliphatic rings. The summed E-state index contributed by atoms with van der Waals surface area (Å²) in [5.41, 5.74) is 7.09. The minimum absolute atomic E-state index is 0.0431. The smallest absolute Gasteiger partial charge is 0.339 e. The van der Waals surface area contributed by atoms with Crippen LogP contribution in [0, 0.1) is 0 Å². The van der Waals surface area contributed by atoms with Gasteiger partial charge in [0.2, 0.25) is 0 Å². The molecule has 114 valence electrons. The van der Waals surface area contributed by atoms with E-state index in [1.54, 1.807) is 43.5 Å². The van der Waals surface area contributed by atoms with Crippen LogP contribution in [0.25, 0.3) is 0 Å². The topological polar surface area (TPSA) is 73.9 Å². The molecule has 0 fully saturated rings. The van der Waals surface area contributed by atoms with E-state index in [-0.39, 0.29) is 12.3 Å². The predicted molar refractivity (Wildman–Crippen MR) is 85.0 cm³/mol. The Labute approximate surface area is 133 Å². The van der Waals surface area contributed by atoms with Crippen molar-refractivity contribution in [1.29, 1.82) is 0 Å². The van der Waals surface area contributed by atoms with Gasteiger partial charge in [0.05, 0.1) is 13.5 Å². The molecule has 5 nitrogen and oxygen atoms in total. The van der Waals surface area contributed by atoms with Gasteiger partial charge in [-0.25, -0.2) is 4.79 Å². The van der Waals surface area contributed by atoms with E-state index in [0.29, 0.717) is 16.3 Å². The highest BCUT2D eigenvalue weighted by Gasteiger charge is 2.10. The van der Waals surface area contributed by atoms with Crippen LogP contribution in [-0.4, -0.2) is 18.9 Å². The van der Waals surface area contributed by atoms with Gasteiger partial charge < -0.3 is 15.3 Å². The zero-order valence-electron chi connectivity index (χ0n) is 12.0. The number of hydrogen-bond donors (Lipinski definition) is 1. The number of hydrogen-bond acceptors (Lipinski definition) is 4. The maximum atomic E-state index is 11.8. The van der Waals surface area contributed by atoms with Crippen LogP contribution in [-0.2, 0) is 16.1 Å². The van der Waals surface area contributed by atoms with Crippen molar-refractivity contribution in [1.82, 2.24) is 0 Å². The van der Waals surface area contributed by atoms with Crippen LogP contribution >= 0.6 is 11.6 Å². The summed E-state index contributed by atoms with van der Waals surface area (Å²) in [6, 6.07) is 13.9. The first-order valence-electron chi connectivity index (χ1n) is 6.51. The summed E-state index contributed by atoms with van der Waals surface area (Å²) in [6.07, 6.45) is 0.0431.